The molecule has 0 aromatic rings. The zero-order valence-electron chi connectivity index (χ0n) is 13.6. The summed E-state index contributed by atoms with van der Waals surface area (Å²) in [5.74, 6) is 0.183. The molecule has 0 saturated heterocycles. The zero-order chi connectivity index (χ0) is 15.5. The van der Waals surface area contributed by atoms with Gasteiger partial charge in [0.25, 0.3) is 0 Å². The largest absolute Gasteiger partial charge is 0.355 e. The van der Waals surface area contributed by atoms with Crippen molar-refractivity contribution in [1.29, 1.82) is 0 Å². The van der Waals surface area contributed by atoms with E-state index >= 15 is 0 Å². The van der Waals surface area contributed by atoms with Crippen LogP contribution in [0.3, 0.4) is 0 Å². The number of Topliss-reactive ketones (excluding diaryl/α,β-unsaturated/α-hetero) is 1. The van der Waals surface area contributed by atoms with E-state index in [1.165, 1.54) is 0 Å². The van der Waals surface area contributed by atoms with Crippen molar-refractivity contribution in [2.45, 2.75) is 72.0 Å². The van der Waals surface area contributed by atoms with Crippen molar-refractivity contribution in [2.24, 2.45) is 0 Å². The van der Waals surface area contributed by atoms with Gasteiger partial charge in [0.05, 0.1) is 6.04 Å². The van der Waals surface area contributed by atoms with Crippen LogP contribution in [0.2, 0.25) is 0 Å². The molecule has 3 N–H and O–H groups in total. The third kappa shape index (κ3) is 9.92. The third-order valence-corrected chi connectivity index (χ3v) is 2.93. The van der Waals surface area contributed by atoms with E-state index < -0.39 is 0 Å². The second-order valence-corrected chi connectivity index (χ2v) is 5.69. The van der Waals surface area contributed by atoms with Gasteiger partial charge in [0.15, 0.2) is 0 Å². The predicted octanol–water partition coefficient (Wildman–Crippen LogP) is 1.23. The number of ketones is 1. The molecule has 1 amide bonds. The molecule has 5 heteroatoms. The quantitative estimate of drug-likeness (QED) is 0.499. The fraction of sp³-hybridized carbons (Fsp3) is 0.867. The molecule has 0 aromatic heterocycles. The first-order valence-corrected chi connectivity index (χ1v) is 7.65. The highest BCUT2D eigenvalue weighted by Gasteiger charge is 2.18. The smallest absolute Gasteiger partial charge is 0.220 e. The van der Waals surface area contributed by atoms with Crippen LogP contribution in [-0.2, 0) is 9.59 Å². The number of hydrogen-bond donors (Lipinski definition) is 3. The van der Waals surface area contributed by atoms with Gasteiger partial charge >= 0.3 is 0 Å². The molecule has 0 spiro atoms. The molecule has 0 aromatic carbocycles. The molecular weight excluding hydrogens is 254 g/mol. The summed E-state index contributed by atoms with van der Waals surface area (Å²) < 4.78 is 0. The minimum Gasteiger partial charge on any atom is -0.355 e. The van der Waals surface area contributed by atoms with E-state index in [0.29, 0.717) is 31.8 Å². The summed E-state index contributed by atoms with van der Waals surface area (Å²) >= 11 is 0. The van der Waals surface area contributed by atoms with Crippen molar-refractivity contribution in [3.8, 4) is 0 Å². The minimum absolute atomic E-state index is 0.00927. The van der Waals surface area contributed by atoms with Crippen LogP contribution < -0.4 is 16.0 Å². The summed E-state index contributed by atoms with van der Waals surface area (Å²) in [4.78, 5) is 23.5. The van der Waals surface area contributed by atoms with Crippen molar-refractivity contribution in [1.82, 2.24) is 16.0 Å². The maximum Gasteiger partial charge on any atom is 0.220 e. The molecule has 0 aliphatic rings. The first-order valence-electron chi connectivity index (χ1n) is 7.65. The average Bonchev–Trinajstić information content (AvgIpc) is 2.38. The molecule has 0 saturated carbocycles. The zero-order valence-corrected chi connectivity index (χ0v) is 13.6. The van der Waals surface area contributed by atoms with Gasteiger partial charge < -0.3 is 16.0 Å². The van der Waals surface area contributed by atoms with Gasteiger partial charge in [-0.05, 0) is 6.42 Å². The highest BCUT2D eigenvalue weighted by molar-refractivity contribution is 5.84. The van der Waals surface area contributed by atoms with Crippen LogP contribution in [0.25, 0.3) is 0 Å². The lowest BCUT2D eigenvalue weighted by atomic mass is 10.0. The Kier molecular flexibility index (Phi) is 10.3. The molecule has 0 rings (SSSR count). The molecule has 0 bridgehead atoms. The van der Waals surface area contributed by atoms with Gasteiger partial charge in [-0.3, -0.25) is 9.59 Å². The van der Waals surface area contributed by atoms with Gasteiger partial charge in [0.1, 0.15) is 5.78 Å². The summed E-state index contributed by atoms with van der Waals surface area (Å²) in [6.45, 7) is 11.4. The summed E-state index contributed by atoms with van der Waals surface area (Å²) in [5, 5.41) is 9.33. The number of carbonyl (C=O) groups is 2. The van der Waals surface area contributed by atoms with E-state index in [4.69, 9.17) is 0 Å². The molecule has 5 nitrogen and oxygen atoms in total. The number of nitrogens with one attached hydrogen (secondary N) is 3. The van der Waals surface area contributed by atoms with E-state index in [2.05, 4.69) is 29.8 Å². The van der Waals surface area contributed by atoms with Gasteiger partial charge in [-0.1, -0.05) is 34.6 Å². The maximum absolute atomic E-state index is 11.8. The van der Waals surface area contributed by atoms with Crippen molar-refractivity contribution >= 4 is 11.7 Å². The Morgan fingerprint density at radius 2 is 1.65 bits per heavy atom. The summed E-state index contributed by atoms with van der Waals surface area (Å²) in [5.41, 5.74) is 0. The monoisotopic (exact) mass is 285 g/mol. The fourth-order valence-corrected chi connectivity index (χ4v) is 1.91. The molecule has 118 valence electrons. The lowest BCUT2D eigenvalue weighted by molar-refractivity contribution is -0.122. The number of amides is 1. The molecule has 0 aliphatic carbocycles. The normalized spacial score (nSPS) is 12.8. The number of hydrogen-bond acceptors (Lipinski definition) is 4. The predicted molar refractivity (Wildman–Crippen MR) is 82.7 cm³/mol. The summed E-state index contributed by atoms with van der Waals surface area (Å²) in [6.07, 6.45) is 1.45. The Balaban J connectivity index is 3.95. The van der Waals surface area contributed by atoms with Crippen LogP contribution in [0.15, 0.2) is 0 Å². The topological polar surface area (TPSA) is 70.2 Å². The number of rotatable bonds is 11. The third-order valence-electron chi connectivity index (χ3n) is 2.93. The first-order chi connectivity index (χ1) is 9.36. The average molecular weight is 285 g/mol. The Morgan fingerprint density at radius 3 is 2.15 bits per heavy atom. The van der Waals surface area contributed by atoms with Crippen molar-refractivity contribution < 1.29 is 9.59 Å². The van der Waals surface area contributed by atoms with Crippen LogP contribution in [0.4, 0.5) is 0 Å². The molecule has 0 aliphatic heterocycles. The first kappa shape index (κ1) is 19.1. The molecule has 0 heterocycles. The Labute approximate surface area is 123 Å². The molecular formula is C15H31N3O2. The fourth-order valence-electron chi connectivity index (χ4n) is 1.91. The summed E-state index contributed by atoms with van der Waals surface area (Å²) in [6, 6.07) is 0.460. The highest BCUT2D eigenvalue weighted by Crippen LogP contribution is 2.03. The van der Waals surface area contributed by atoms with Crippen LogP contribution in [0.5, 0.6) is 0 Å². The summed E-state index contributed by atoms with van der Waals surface area (Å²) in [7, 11) is 0. The van der Waals surface area contributed by atoms with E-state index in [0.717, 1.165) is 6.54 Å². The molecule has 20 heavy (non-hydrogen) atoms. The van der Waals surface area contributed by atoms with Gasteiger partial charge in [0, 0.05) is 38.0 Å². The second kappa shape index (κ2) is 10.8. The standard InChI is InChI=1S/C15H31N3O2/c1-6-14(19)13(18-12(4)5)7-8-15(20)17-10-9-16-11(2)3/h11-13,16,18H,6-10H2,1-5H3,(H,17,20). The highest BCUT2D eigenvalue weighted by atomic mass is 16.1. The minimum atomic E-state index is -0.209. The van der Waals surface area contributed by atoms with Crippen molar-refractivity contribution in [2.75, 3.05) is 13.1 Å². The molecule has 0 fully saturated rings. The van der Waals surface area contributed by atoms with Gasteiger partial charge in [-0.25, -0.2) is 0 Å². The Bertz CT molecular complexity index is 291. The van der Waals surface area contributed by atoms with Crippen LogP contribution in [0, 0.1) is 0 Å². The van der Waals surface area contributed by atoms with Crippen LogP contribution >= 0.6 is 0 Å². The lowest BCUT2D eigenvalue weighted by Gasteiger charge is -2.19. The van der Waals surface area contributed by atoms with Gasteiger partial charge in [-0.2, -0.15) is 0 Å². The van der Waals surface area contributed by atoms with Crippen LogP contribution in [-0.4, -0.2) is 42.9 Å². The van der Waals surface area contributed by atoms with Crippen LogP contribution in [0.1, 0.15) is 53.9 Å². The van der Waals surface area contributed by atoms with E-state index in [1.54, 1.807) is 0 Å². The van der Waals surface area contributed by atoms with Crippen molar-refractivity contribution in [3.63, 3.8) is 0 Å². The van der Waals surface area contributed by atoms with Crippen molar-refractivity contribution in [3.05, 3.63) is 0 Å². The van der Waals surface area contributed by atoms with E-state index in [1.807, 2.05) is 20.8 Å². The SMILES string of the molecule is CCC(=O)C(CCC(=O)NCCNC(C)C)NC(C)C. The maximum atomic E-state index is 11.8. The molecule has 1 unspecified atom stereocenters. The van der Waals surface area contributed by atoms with Gasteiger partial charge in [-0.15, -0.1) is 0 Å². The molecule has 0 radical (unpaired) electrons. The lowest BCUT2D eigenvalue weighted by Crippen LogP contribution is -2.42. The van der Waals surface area contributed by atoms with E-state index in [-0.39, 0.29) is 23.8 Å². The number of carbonyl (C=O) groups excluding carboxylic acids is 2. The second-order valence-electron chi connectivity index (χ2n) is 5.69. The Hall–Kier alpha value is -0.940. The Morgan fingerprint density at radius 1 is 1.00 bits per heavy atom. The van der Waals surface area contributed by atoms with E-state index in [9.17, 15) is 9.59 Å². The van der Waals surface area contributed by atoms with Gasteiger partial charge in [0.2, 0.25) is 5.91 Å². The molecule has 1 atom stereocenters.